The van der Waals surface area contributed by atoms with E-state index in [9.17, 15) is 8.78 Å². The summed E-state index contributed by atoms with van der Waals surface area (Å²) >= 11 is 0. The highest BCUT2D eigenvalue weighted by atomic mass is 19.1. The van der Waals surface area contributed by atoms with E-state index >= 15 is 8.78 Å². The molecule has 0 aliphatic heterocycles. The first-order chi connectivity index (χ1) is 14.4. The van der Waals surface area contributed by atoms with Crippen molar-refractivity contribution in [1.82, 2.24) is 0 Å². The second-order valence-electron chi connectivity index (χ2n) is 8.77. The summed E-state index contributed by atoms with van der Waals surface area (Å²) in [6.45, 7) is 2.19. The van der Waals surface area contributed by atoms with Gasteiger partial charge in [-0.2, -0.15) is 5.26 Å². The Morgan fingerprint density at radius 3 is 2.40 bits per heavy atom. The molecule has 0 spiro atoms. The van der Waals surface area contributed by atoms with E-state index in [1.165, 1.54) is 31.4 Å². The standard InChI is InChI=1S/C25H25F4N/c1-2-3-4-14-5-7-17-15(9-14)6-8-18-19(17)12-23(28)24(25(18)29)16-10-21(26)20(13-30)22(27)11-16/h10-12,14-15,17H,2-9H2,1H3. The Kier molecular flexibility index (Phi) is 5.86. The summed E-state index contributed by atoms with van der Waals surface area (Å²) in [5.41, 5.74) is -0.170. The predicted octanol–water partition coefficient (Wildman–Crippen LogP) is 7.42. The summed E-state index contributed by atoms with van der Waals surface area (Å²) in [5.74, 6) is -2.46. The summed E-state index contributed by atoms with van der Waals surface area (Å²) in [5, 5.41) is 8.83. The summed E-state index contributed by atoms with van der Waals surface area (Å²) in [4.78, 5) is 0. The highest BCUT2D eigenvalue weighted by molar-refractivity contribution is 5.68. The van der Waals surface area contributed by atoms with Crippen molar-refractivity contribution in [2.24, 2.45) is 11.8 Å². The molecule has 0 N–H and O–H groups in total. The molecule has 2 aliphatic rings. The molecular formula is C25H25F4N. The Hall–Kier alpha value is -2.35. The van der Waals surface area contributed by atoms with Crippen LogP contribution in [0.25, 0.3) is 11.1 Å². The minimum Gasteiger partial charge on any atom is -0.206 e. The van der Waals surface area contributed by atoms with Gasteiger partial charge < -0.3 is 0 Å². The maximum Gasteiger partial charge on any atom is 0.144 e. The van der Waals surface area contributed by atoms with E-state index in [1.54, 1.807) is 0 Å². The first-order valence-electron chi connectivity index (χ1n) is 10.8. The van der Waals surface area contributed by atoms with Gasteiger partial charge in [0.25, 0.3) is 0 Å². The molecule has 4 rings (SSSR count). The minimum absolute atomic E-state index is 0.152. The molecule has 0 radical (unpaired) electrons. The highest BCUT2D eigenvalue weighted by Gasteiger charge is 2.37. The van der Waals surface area contributed by atoms with Gasteiger partial charge >= 0.3 is 0 Å². The first kappa shape index (κ1) is 20.9. The minimum atomic E-state index is -1.12. The Bertz CT molecular complexity index is 984. The lowest BCUT2D eigenvalue weighted by Gasteiger charge is -2.41. The Balaban J connectivity index is 1.69. The number of fused-ring (bicyclic) bond motifs is 3. The number of hydrogen-bond acceptors (Lipinski definition) is 1. The number of unbranched alkanes of at least 4 members (excludes halogenated alkanes) is 1. The van der Waals surface area contributed by atoms with Gasteiger partial charge in [-0.3, -0.25) is 0 Å². The smallest absolute Gasteiger partial charge is 0.144 e. The first-order valence-corrected chi connectivity index (χ1v) is 10.8. The number of benzene rings is 2. The molecule has 0 bridgehead atoms. The summed E-state index contributed by atoms with van der Waals surface area (Å²) in [7, 11) is 0. The zero-order chi connectivity index (χ0) is 21.4. The fourth-order valence-electron chi connectivity index (χ4n) is 5.53. The van der Waals surface area contributed by atoms with Gasteiger partial charge in [0.15, 0.2) is 0 Å². The third-order valence-electron chi connectivity index (χ3n) is 7.02. The Morgan fingerprint density at radius 2 is 1.73 bits per heavy atom. The van der Waals surface area contributed by atoms with E-state index in [2.05, 4.69) is 6.92 Å². The number of nitriles is 1. The van der Waals surface area contributed by atoms with Crippen LogP contribution in [0.5, 0.6) is 0 Å². The lowest BCUT2D eigenvalue weighted by Crippen LogP contribution is -2.29. The van der Waals surface area contributed by atoms with Gasteiger partial charge in [-0.05, 0) is 84.7 Å². The van der Waals surface area contributed by atoms with Crippen LogP contribution in [0.15, 0.2) is 18.2 Å². The molecule has 30 heavy (non-hydrogen) atoms. The van der Waals surface area contributed by atoms with Crippen LogP contribution in [0.1, 0.15) is 74.5 Å². The second kappa shape index (κ2) is 8.41. The van der Waals surface area contributed by atoms with Gasteiger partial charge in [0.05, 0.1) is 5.56 Å². The van der Waals surface area contributed by atoms with Crippen molar-refractivity contribution in [2.45, 2.75) is 64.2 Å². The third kappa shape index (κ3) is 3.62. The monoisotopic (exact) mass is 415 g/mol. The van der Waals surface area contributed by atoms with Crippen LogP contribution in [-0.2, 0) is 6.42 Å². The highest BCUT2D eigenvalue weighted by Crippen LogP contribution is 2.49. The summed E-state index contributed by atoms with van der Waals surface area (Å²) < 4.78 is 58.5. The van der Waals surface area contributed by atoms with E-state index in [-0.39, 0.29) is 11.5 Å². The molecule has 0 heterocycles. The van der Waals surface area contributed by atoms with Gasteiger partial charge in [-0.1, -0.05) is 26.2 Å². The van der Waals surface area contributed by atoms with Crippen LogP contribution in [-0.4, -0.2) is 0 Å². The quantitative estimate of drug-likeness (QED) is 0.477. The largest absolute Gasteiger partial charge is 0.206 e. The molecule has 2 aliphatic carbocycles. The van der Waals surface area contributed by atoms with Crippen molar-refractivity contribution in [2.75, 3.05) is 0 Å². The average Bonchev–Trinajstić information content (AvgIpc) is 2.71. The van der Waals surface area contributed by atoms with E-state index in [1.807, 2.05) is 0 Å². The lowest BCUT2D eigenvalue weighted by atomic mass is 9.64. The average molecular weight is 415 g/mol. The van der Waals surface area contributed by atoms with E-state index in [0.717, 1.165) is 43.4 Å². The Labute approximate surface area is 174 Å². The van der Waals surface area contributed by atoms with Crippen molar-refractivity contribution < 1.29 is 17.6 Å². The molecule has 1 saturated carbocycles. The second-order valence-corrected chi connectivity index (χ2v) is 8.77. The van der Waals surface area contributed by atoms with Crippen molar-refractivity contribution in [3.8, 4) is 17.2 Å². The molecule has 1 nitrogen and oxygen atoms in total. The zero-order valence-corrected chi connectivity index (χ0v) is 17.1. The van der Waals surface area contributed by atoms with E-state index < -0.39 is 34.4 Å². The maximum absolute atomic E-state index is 15.4. The van der Waals surface area contributed by atoms with Crippen molar-refractivity contribution >= 4 is 0 Å². The molecule has 0 aromatic heterocycles. The number of hydrogen-bond donors (Lipinski definition) is 0. The van der Waals surface area contributed by atoms with Crippen LogP contribution in [0.3, 0.4) is 0 Å². The molecule has 3 unspecified atom stereocenters. The number of nitrogens with zero attached hydrogens (tertiary/aromatic N) is 1. The topological polar surface area (TPSA) is 23.8 Å². The van der Waals surface area contributed by atoms with E-state index in [0.29, 0.717) is 23.8 Å². The van der Waals surface area contributed by atoms with Crippen molar-refractivity contribution in [3.63, 3.8) is 0 Å². The molecule has 1 fully saturated rings. The normalized spacial score (nSPS) is 22.9. The van der Waals surface area contributed by atoms with Crippen molar-refractivity contribution in [3.05, 3.63) is 58.2 Å². The fraction of sp³-hybridized carbons (Fsp3) is 0.480. The van der Waals surface area contributed by atoms with Crippen LogP contribution in [0, 0.1) is 46.4 Å². The third-order valence-corrected chi connectivity index (χ3v) is 7.02. The molecule has 0 amide bonds. The molecular weight excluding hydrogens is 390 g/mol. The molecule has 3 atom stereocenters. The zero-order valence-electron chi connectivity index (χ0n) is 17.1. The molecule has 0 saturated heterocycles. The van der Waals surface area contributed by atoms with Gasteiger partial charge in [0, 0.05) is 0 Å². The lowest BCUT2D eigenvalue weighted by molar-refractivity contribution is 0.198. The van der Waals surface area contributed by atoms with Gasteiger partial charge in [-0.25, -0.2) is 17.6 Å². The van der Waals surface area contributed by atoms with Crippen molar-refractivity contribution in [1.29, 1.82) is 5.26 Å². The van der Waals surface area contributed by atoms with Gasteiger partial charge in [0.2, 0.25) is 0 Å². The number of halogens is 4. The maximum atomic E-state index is 15.4. The summed E-state index contributed by atoms with van der Waals surface area (Å²) in [6, 6.07) is 4.48. The van der Waals surface area contributed by atoms with Crippen LogP contribution < -0.4 is 0 Å². The summed E-state index contributed by atoms with van der Waals surface area (Å²) in [6.07, 6.45) is 8.13. The molecule has 2 aromatic carbocycles. The van der Waals surface area contributed by atoms with E-state index in [4.69, 9.17) is 5.26 Å². The Morgan fingerprint density at radius 1 is 1.00 bits per heavy atom. The van der Waals surface area contributed by atoms with Crippen LogP contribution in [0.2, 0.25) is 0 Å². The van der Waals surface area contributed by atoms with Crippen LogP contribution in [0.4, 0.5) is 17.6 Å². The van der Waals surface area contributed by atoms with Gasteiger partial charge in [0.1, 0.15) is 34.9 Å². The molecule has 5 heteroatoms. The SMILES string of the molecule is CCCCC1CCC2c3cc(F)c(-c4cc(F)c(C#N)c(F)c4)c(F)c3CCC2C1. The number of rotatable bonds is 4. The predicted molar refractivity (Wildman–Crippen MR) is 108 cm³/mol. The fourth-order valence-corrected chi connectivity index (χ4v) is 5.53. The molecule has 2 aromatic rings. The van der Waals surface area contributed by atoms with Crippen LogP contribution >= 0.6 is 0 Å². The van der Waals surface area contributed by atoms with Gasteiger partial charge in [-0.15, -0.1) is 0 Å². The molecule has 158 valence electrons.